The van der Waals surface area contributed by atoms with Crippen LogP contribution in [0, 0.1) is 5.82 Å². The van der Waals surface area contributed by atoms with E-state index in [4.69, 9.17) is 0 Å². The summed E-state index contributed by atoms with van der Waals surface area (Å²) in [7, 11) is 0. The standard InChI is InChI=1S/C17H21FN4O2/c1-11(2)16-15(17(24)20-9-8-19-12(3)23)10-21-22(16)14-6-4-13(18)5-7-14/h4-7,10-11H,8-9H2,1-3H3,(H,19,23)(H,20,24). The molecule has 7 heteroatoms. The van der Waals surface area contributed by atoms with Crippen molar-refractivity contribution >= 4 is 11.8 Å². The van der Waals surface area contributed by atoms with Crippen LogP contribution >= 0.6 is 0 Å². The monoisotopic (exact) mass is 332 g/mol. The Hall–Kier alpha value is -2.70. The van der Waals surface area contributed by atoms with Gasteiger partial charge in [0.1, 0.15) is 5.82 Å². The van der Waals surface area contributed by atoms with Crippen LogP contribution in [0.15, 0.2) is 30.5 Å². The molecule has 0 fully saturated rings. The maximum absolute atomic E-state index is 13.1. The van der Waals surface area contributed by atoms with E-state index in [2.05, 4.69) is 15.7 Å². The molecule has 2 amide bonds. The second-order valence-electron chi connectivity index (χ2n) is 5.73. The summed E-state index contributed by atoms with van der Waals surface area (Å²) in [6.45, 7) is 6.05. The Morgan fingerprint density at radius 3 is 2.38 bits per heavy atom. The average Bonchev–Trinajstić information content (AvgIpc) is 2.97. The van der Waals surface area contributed by atoms with Gasteiger partial charge < -0.3 is 10.6 Å². The van der Waals surface area contributed by atoms with Crippen molar-refractivity contribution in [2.24, 2.45) is 0 Å². The highest BCUT2D eigenvalue weighted by atomic mass is 19.1. The maximum atomic E-state index is 13.1. The van der Waals surface area contributed by atoms with Gasteiger partial charge in [-0.1, -0.05) is 13.8 Å². The third-order valence-corrected chi connectivity index (χ3v) is 3.45. The Balaban J connectivity index is 2.20. The summed E-state index contributed by atoms with van der Waals surface area (Å²) in [5.74, 6) is -0.671. The highest BCUT2D eigenvalue weighted by Gasteiger charge is 2.20. The van der Waals surface area contributed by atoms with E-state index in [1.165, 1.54) is 25.3 Å². The number of hydrogen-bond acceptors (Lipinski definition) is 3. The van der Waals surface area contributed by atoms with Crippen molar-refractivity contribution in [1.29, 1.82) is 0 Å². The van der Waals surface area contributed by atoms with Gasteiger partial charge in [0.15, 0.2) is 0 Å². The first-order chi connectivity index (χ1) is 11.4. The van der Waals surface area contributed by atoms with Gasteiger partial charge in [0, 0.05) is 20.0 Å². The predicted molar refractivity (Wildman–Crippen MR) is 88.6 cm³/mol. The molecule has 0 radical (unpaired) electrons. The van der Waals surface area contributed by atoms with E-state index in [1.807, 2.05) is 13.8 Å². The zero-order valence-corrected chi connectivity index (χ0v) is 14.0. The van der Waals surface area contributed by atoms with Crippen LogP contribution < -0.4 is 10.6 Å². The van der Waals surface area contributed by atoms with Crippen LogP contribution in [-0.2, 0) is 4.79 Å². The minimum atomic E-state index is -0.326. The first-order valence-electron chi connectivity index (χ1n) is 7.76. The lowest BCUT2D eigenvalue weighted by molar-refractivity contribution is -0.118. The molecule has 0 atom stereocenters. The molecule has 1 aromatic heterocycles. The maximum Gasteiger partial charge on any atom is 0.254 e. The SMILES string of the molecule is CC(=O)NCCNC(=O)c1cnn(-c2ccc(F)cc2)c1C(C)C. The number of amides is 2. The first-order valence-corrected chi connectivity index (χ1v) is 7.76. The molecule has 1 aromatic carbocycles. The van der Waals surface area contributed by atoms with Crippen LogP contribution in [0.4, 0.5) is 4.39 Å². The second-order valence-corrected chi connectivity index (χ2v) is 5.73. The fourth-order valence-corrected chi connectivity index (χ4v) is 2.39. The van der Waals surface area contributed by atoms with Gasteiger partial charge in [0.25, 0.3) is 5.91 Å². The second kappa shape index (κ2) is 7.72. The summed E-state index contributed by atoms with van der Waals surface area (Å²) in [6, 6.07) is 5.95. The fraction of sp³-hybridized carbons (Fsp3) is 0.353. The van der Waals surface area contributed by atoms with Crippen molar-refractivity contribution in [3.8, 4) is 5.69 Å². The molecule has 2 aromatic rings. The van der Waals surface area contributed by atoms with Crippen LogP contribution in [0.25, 0.3) is 5.69 Å². The van der Waals surface area contributed by atoms with Gasteiger partial charge in [-0.25, -0.2) is 9.07 Å². The smallest absolute Gasteiger partial charge is 0.254 e. The van der Waals surface area contributed by atoms with E-state index in [0.29, 0.717) is 24.3 Å². The minimum absolute atomic E-state index is 0.0497. The number of aromatic nitrogens is 2. The molecule has 128 valence electrons. The van der Waals surface area contributed by atoms with Gasteiger partial charge in [-0.3, -0.25) is 9.59 Å². The molecule has 2 N–H and O–H groups in total. The lowest BCUT2D eigenvalue weighted by Crippen LogP contribution is -2.34. The number of nitrogens with one attached hydrogen (secondary N) is 2. The fourth-order valence-electron chi connectivity index (χ4n) is 2.39. The normalized spacial score (nSPS) is 10.7. The van der Waals surface area contributed by atoms with E-state index in [1.54, 1.807) is 16.8 Å². The lowest BCUT2D eigenvalue weighted by Gasteiger charge is -2.13. The quantitative estimate of drug-likeness (QED) is 0.795. The van der Waals surface area contributed by atoms with Gasteiger partial charge in [-0.2, -0.15) is 5.10 Å². The van der Waals surface area contributed by atoms with Crippen molar-refractivity contribution in [2.75, 3.05) is 13.1 Å². The Morgan fingerprint density at radius 2 is 1.79 bits per heavy atom. The van der Waals surface area contributed by atoms with Crippen LogP contribution in [0.1, 0.15) is 42.7 Å². The van der Waals surface area contributed by atoms with E-state index in [-0.39, 0.29) is 23.5 Å². The molecule has 0 unspecified atom stereocenters. The van der Waals surface area contributed by atoms with Gasteiger partial charge in [-0.05, 0) is 30.2 Å². The van der Waals surface area contributed by atoms with E-state index < -0.39 is 0 Å². The lowest BCUT2D eigenvalue weighted by atomic mass is 10.1. The molecular weight excluding hydrogens is 311 g/mol. The molecule has 24 heavy (non-hydrogen) atoms. The summed E-state index contributed by atoms with van der Waals surface area (Å²) >= 11 is 0. The van der Waals surface area contributed by atoms with Crippen LogP contribution in [0.2, 0.25) is 0 Å². The van der Waals surface area contributed by atoms with Crippen molar-refractivity contribution in [3.05, 3.63) is 47.5 Å². The molecule has 1 heterocycles. The Kier molecular flexibility index (Phi) is 5.68. The molecule has 0 bridgehead atoms. The summed E-state index contributed by atoms with van der Waals surface area (Å²) in [4.78, 5) is 23.2. The number of carbonyl (C=O) groups excluding carboxylic acids is 2. The molecular formula is C17H21FN4O2. The molecule has 0 saturated heterocycles. The molecule has 0 aliphatic carbocycles. The number of hydrogen-bond donors (Lipinski definition) is 2. The zero-order chi connectivity index (χ0) is 17.7. The molecule has 0 aliphatic heterocycles. The Morgan fingerprint density at radius 1 is 1.17 bits per heavy atom. The highest BCUT2D eigenvalue weighted by molar-refractivity contribution is 5.95. The molecule has 6 nitrogen and oxygen atoms in total. The number of rotatable bonds is 6. The number of carbonyl (C=O) groups is 2. The number of nitrogens with zero attached hydrogens (tertiary/aromatic N) is 2. The number of benzene rings is 1. The third-order valence-electron chi connectivity index (χ3n) is 3.45. The van der Waals surface area contributed by atoms with Gasteiger partial charge >= 0.3 is 0 Å². The highest BCUT2D eigenvalue weighted by Crippen LogP contribution is 2.23. The topological polar surface area (TPSA) is 76.0 Å². The number of halogens is 1. The predicted octanol–water partition coefficient (Wildman–Crippen LogP) is 2.00. The first kappa shape index (κ1) is 17.7. The van der Waals surface area contributed by atoms with Crippen molar-refractivity contribution in [1.82, 2.24) is 20.4 Å². The molecule has 0 saturated carbocycles. The average molecular weight is 332 g/mol. The minimum Gasteiger partial charge on any atom is -0.355 e. The third kappa shape index (κ3) is 4.18. The summed E-state index contributed by atoms with van der Waals surface area (Å²) in [5.41, 5.74) is 1.91. The van der Waals surface area contributed by atoms with Crippen molar-refractivity contribution in [3.63, 3.8) is 0 Å². The van der Waals surface area contributed by atoms with E-state index in [0.717, 1.165) is 5.69 Å². The summed E-state index contributed by atoms with van der Waals surface area (Å²) < 4.78 is 14.7. The Labute approximate surface area is 140 Å². The van der Waals surface area contributed by atoms with Gasteiger partial charge in [0.2, 0.25) is 5.91 Å². The van der Waals surface area contributed by atoms with Crippen LogP contribution in [0.5, 0.6) is 0 Å². The molecule has 0 spiro atoms. The Bertz CT molecular complexity index is 723. The van der Waals surface area contributed by atoms with Gasteiger partial charge in [-0.15, -0.1) is 0 Å². The van der Waals surface area contributed by atoms with Crippen molar-refractivity contribution < 1.29 is 14.0 Å². The van der Waals surface area contributed by atoms with Crippen LogP contribution in [0.3, 0.4) is 0 Å². The van der Waals surface area contributed by atoms with Gasteiger partial charge in [0.05, 0.1) is 23.1 Å². The largest absolute Gasteiger partial charge is 0.355 e. The van der Waals surface area contributed by atoms with Crippen LogP contribution in [-0.4, -0.2) is 34.7 Å². The molecule has 0 aliphatic rings. The van der Waals surface area contributed by atoms with E-state index in [9.17, 15) is 14.0 Å². The molecule has 2 rings (SSSR count). The zero-order valence-electron chi connectivity index (χ0n) is 14.0. The van der Waals surface area contributed by atoms with Crippen molar-refractivity contribution in [2.45, 2.75) is 26.7 Å². The van der Waals surface area contributed by atoms with E-state index >= 15 is 0 Å². The summed E-state index contributed by atoms with van der Waals surface area (Å²) in [5, 5.41) is 9.65. The summed E-state index contributed by atoms with van der Waals surface area (Å²) in [6.07, 6.45) is 1.51.